The summed E-state index contributed by atoms with van der Waals surface area (Å²) in [5, 5.41) is 0. The van der Waals surface area contributed by atoms with E-state index in [-0.39, 0.29) is 0 Å². The van der Waals surface area contributed by atoms with E-state index >= 15 is 0 Å². The van der Waals surface area contributed by atoms with Crippen molar-refractivity contribution in [2.45, 2.75) is 39.7 Å². The van der Waals surface area contributed by atoms with Crippen molar-refractivity contribution in [2.24, 2.45) is 11.8 Å². The molecule has 0 aromatic carbocycles. The zero-order valence-corrected chi connectivity index (χ0v) is 8.30. The number of hydrogen-bond acceptors (Lipinski definition) is 1. The molecular weight excluding hydrogens is 134 g/mol. The minimum atomic E-state index is 0.949. The normalized spacial score (nSPS) is 42.0. The second-order valence-electron chi connectivity index (χ2n) is 3.80. The Morgan fingerprint density at radius 3 is 2.09 bits per heavy atom. The lowest BCUT2D eigenvalue weighted by atomic mass is 9.97. The molecule has 0 radical (unpaired) electrons. The van der Waals surface area contributed by atoms with Crippen LogP contribution >= 0.6 is 0 Å². The number of likely N-dealkylation sites (tertiary alicyclic amines) is 1. The Hall–Kier alpha value is -0.0400. The highest BCUT2D eigenvalue weighted by molar-refractivity contribution is 4.93. The molecule has 2 aliphatic rings. The van der Waals surface area contributed by atoms with Gasteiger partial charge in [0.2, 0.25) is 0 Å². The summed E-state index contributed by atoms with van der Waals surface area (Å²) < 4.78 is 0. The van der Waals surface area contributed by atoms with Gasteiger partial charge in [0.25, 0.3) is 0 Å². The quantitative estimate of drug-likeness (QED) is 0.519. The molecule has 3 atom stereocenters. The van der Waals surface area contributed by atoms with Gasteiger partial charge in [0.05, 0.1) is 0 Å². The van der Waals surface area contributed by atoms with E-state index in [2.05, 4.69) is 18.9 Å². The third-order valence-corrected chi connectivity index (χ3v) is 3.17. The van der Waals surface area contributed by atoms with Gasteiger partial charge in [-0.15, -0.1) is 0 Å². The fourth-order valence-electron chi connectivity index (χ4n) is 2.43. The first-order valence-electron chi connectivity index (χ1n) is 4.97. The van der Waals surface area contributed by atoms with Crippen LogP contribution in [0.15, 0.2) is 0 Å². The molecule has 1 heterocycles. The van der Waals surface area contributed by atoms with Crippen molar-refractivity contribution in [3.63, 3.8) is 0 Å². The summed E-state index contributed by atoms with van der Waals surface area (Å²) in [5.74, 6) is 2.06. The van der Waals surface area contributed by atoms with Gasteiger partial charge in [0.15, 0.2) is 0 Å². The van der Waals surface area contributed by atoms with Crippen LogP contribution < -0.4 is 0 Å². The summed E-state index contributed by atoms with van der Waals surface area (Å²) in [6.45, 7) is 7.77. The predicted molar refractivity (Wildman–Crippen MR) is 49.7 cm³/mol. The van der Waals surface area contributed by atoms with Crippen LogP contribution in [-0.4, -0.2) is 24.5 Å². The third-order valence-electron chi connectivity index (χ3n) is 3.17. The number of rotatable bonds is 0. The fourth-order valence-corrected chi connectivity index (χ4v) is 2.43. The Morgan fingerprint density at radius 1 is 1.18 bits per heavy atom. The second-order valence-corrected chi connectivity index (χ2v) is 3.80. The molecule has 66 valence electrons. The van der Waals surface area contributed by atoms with Gasteiger partial charge in [-0.05, 0) is 31.7 Å². The maximum Gasteiger partial charge on any atom is 0.00981 e. The molecule has 1 saturated carbocycles. The molecule has 2 rings (SSSR count). The lowest BCUT2D eigenvalue weighted by molar-refractivity contribution is 0.219. The standard InChI is InChI=1S/C8H15N.C2H6/c1-6-3-8-4-7(6)5-9(8)2;1-2/h6-8H,3-5H2,1-2H3;1-2H3. The lowest BCUT2D eigenvalue weighted by Crippen LogP contribution is -2.30. The van der Waals surface area contributed by atoms with Gasteiger partial charge in [0, 0.05) is 12.6 Å². The van der Waals surface area contributed by atoms with Crippen molar-refractivity contribution in [1.82, 2.24) is 4.90 Å². The zero-order valence-electron chi connectivity index (χ0n) is 8.30. The third kappa shape index (κ3) is 1.58. The van der Waals surface area contributed by atoms with Crippen LogP contribution in [0.3, 0.4) is 0 Å². The van der Waals surface area contributed by atoms with Crippen LogP contribution in [0.25, 0.3) is 0 Å². The summed E-state index contributed by atoms with van der Waals surface area (Å²) in [7, 11) is 2.26. The number of fused-ring (bicyclic) bond motifs is 2. The van der Waals surface area contributed by atoms with Crippen molar-refractivity contribution in [2.75, 3.05) is 13.6 Å². The van der Waals surface area contributed by atoms with E-state index in [4.69, 9.17) is 0 Å². The molecule has 0 spiro atoms. The van der Waals surface area contributed by atoms with Crippen LogP contribution in [0.4, 0.5) is 0 Å². The van der Waals surface area contributed by atoms with E-state index in [9.17, 15) is 0 Å². The summed E-state index contributed by atoms with van der Waals surface area (Å²) in [4.78, 5) is 2.52. The van der Waals surface area contributed by atoms with Gasteiger partial charge in [-0.25, -0.2) is 0 Å². The van der Waals surface area contributed by atoms with Crippen LogP contribution in [0.2, 0.25) is 0 Å². The molecule has 0 aromatic rings. The van der Waals surface area contributed by atoms with Crippen molar-refractivity contribution < 1.29 is 0 Å². The summed E-state index contributed by atoms with van der Waals surface area (Å²) in [6, 6.07) is 0.949. The Kier molecular flexibility index (Phi) is 2.94. The van der Waals surface area contributed by atoms with Crippen LogP contribution in [0.5, 0.6) is 0 Å². The molecule has 11 heavy (non-hydrogen) atoms. The minimum Gasteiger partial charge on any atom is -0.303 e. The molecule has 3 unspecified atom stereocenters. The van der Waals surface area contributed by atoms with E-state index < -0.39 is 0 Å². The van der Waals surface area contributed by atoms with E-state index in [1.54, 1.807) is 0 Å². The maximum absolute atomic E-state index is 2.52. The fraction of sp³-hybridized carbons (Fsp3) is 1.00. The van der Waals surface area contributed by atoms with E-state index in [1.807, 2.05) is 13.8 Å². The Bertz CT molecular complexity index is 104. The van der Waals surface area contributed by atoms with Gasteiger partial charge in [0.1, 0.15) is 0 Å². The average Bonchev–Trinajstić information content (AvgIpc) is 2.51. The molecule has 1 saturated heterocycles. The molecule has 1 nitrogen and oxygen atoms in total. The molecule has 1 aliphatic carbocycles. The van der Waals surface area contributed by atoms with E-state index in [0.717, 1.165) is 17.9 Å². The van der Waals surface area contributed by atoms with Crippen LogP contribution in [0.1, 0.15) is 33.6 Å². The monoisotopic (exact) mass is 155 g/mol. The van der Waals surface area contributed by atoms with Gasteiger partial charge in [-0.2, -0.15) is 0 Å². The minimum absolute atomic E-state index is 0.949. The van der Waals surface area contributed by atoms with Crippen molar-refractivity contribution in [3.8, 4) is 0 Å². The molecular formula is C10H21N. The van der Waals surface area contributed by atoms with E-state index in [1.165, 1.54) is 19.4 Å². The number of hydrogen-bond donors (Lipinski definition) is 0. The summed E-state index contributed by atoms with van der Waals surface area (Å²) in [5.41, 5.74) is 0. The molecule has 1 aliphatic heterocycles. The number of nitrogens with zero attached hydrogens (tertiary/aromatic N) is 1. The highest BCUT2D eigenvalue weighted by Crippen LogP contribution is 2.40. The maximum atomic E-state index is 2.52. The first kappa shape index (κ1) is 9.05. The predicted octanol–water partition coefficient (Wildman–Crippen LogP) is 2.37. The number of piperidine rings is 1. The highest BCUT2D eigenvalue weighted by atomic mass is 15.2. The van der Waals surface area contributed by atoms with Crippen LogP contribution in [0, 0.1) is 11.8 Å². The summed E-state index contributed by atoms with van der Waals surface area (Å²) in [6.07, 6.45) is 2.94. The molecule has 2 fully saturated rings. The van der Waals surface area contributed by atoms with Gasteiger partial charge in [-0.3, -0.25) is 0 Å². The largest absolute Gasteiger partial charge is 0.303 e. The molecule has 0 amide bonds. The highest BCUT2D eigenvalue weighted by Gasteiger charge is 2.40. The van der Waals surface area contributed by atoms with Gasteiger partial charge >= 0.3 is 0 Å². The summed E-state index contributed by atoms with van der Waals surface area (Å²) >= 11 is 0. The Balaban J connectivity index is 0.000000281. The van der Waals surface area contributed by atoms with Crippen molar-refractivity contribution >= 4 is 0 Å². The molecule has 0 N–H and O–H groups in total. The molecule has 0 aromatic heterocycles. The Morgan fingerprint density at radius 2 is 1.82 bits per heavy atom. The second kappa shape index (κ2) is 3.57. The average molecular weight is 155 g/mol. The zero-order chi connectivity index (χ0) is 8.43. The SMILES string of the molecule is CC.CC1CC2CC1CN2C. The topological polar surface area (TPSA) is 3.24 Å². The molecule has 1 heteroatoms. The first-order valence-corrected chi connectivity index (χ1v) is 4.97. The van der Waals surface area contributed by atoms with Crippen LogP contribution in [-0.2, 0) is 0 Å². The van der Waals surface area contributed by atoms with Crippen molar-refractivity contribution in [3.05, 3.63) is 0 Å². The lowest BCUT2D eigenvalue weighted by Gasteiger charge is -2.25. The smallest absolute Gasteiger partial charge is 0.00981 e. The van der Waals surface area contributed by atoms with Gasteiger partial charge in [-0.1, -0.05) is 20.8 Å². The van der Waals surface area contributed by atoms with Crippen molar-refractivity contribution in [1.29, 1.82) is 0 Å². The first-order chi connectivity index (χ1) is 5.27. The Labute approximate surface area is 70.8 Å². The van der Waals surface area contributed by atoms with E-state index in [0.29, 0.717) is 0 Å². The molecule has 2 bridgehead atoms. The van der Waals surface area contributed by atoms with Gasteiger partial charge < -0.3 is 4.90 Å².